The summed E-state index contributed by atoms with van der Waals surface area (Å²) in [5, 5.41) is 0.766. The molecule has 1 nitrogen and oxygen atoms in total. The summed E-state index contributed by atoms with van der Waals surface area (Å²) in [7, 11) is 0. The Morgan fingerprint density at radius 3 is 2.38 bits per heavy atom. The van der Waals surface area contributed by atoms with Crippen molar-refractivity contribution in [3.63, 3.8) is 0 Å². The summed E-state index contributed by atoms with van der Waals surface area (Å²) in [4.78, 5) is 3.84. The molecule has 1 rings (SSSR count). The van der Waals surface area contributed by atoms with Gasteiger partial charge < -0.3 is 0 Å². The summed E-state index contributed by atoms with van der Waals surface area (Å²) >= 11 is 3.97. The van der Waals surface area contributed by atoms with E-state index in [0.29, 0.717) is 0 Å². The van der Waals surface area contributed by atoms with E-state index in [4.69, 9.17) is 0 Å². The number of thiol groups is 1. The Kier molecular flexibility index (Phi) is 4.31. The van der Waals surface area contributed by atoms with Crippen LogP contribution in [-0.2, 0) is 0 Å². The van der Waals surface area contributed by atoms with Crippen molar-refractivity contribution in [1.82, 2.24) is 4.98 Å². The molecule has 0 bridgehead atoms. The van der Waals surface area contributed by atoms with Crippen LogP contribution in [0.5, 0.6) is 0 Å². The van der Waals surface area contributed by atoms with Crippen LogP contribution in [0.4, 0.5) is 0 Å². The van der Waals surface area contributed by atoms with Gasteiger partial charge in [0.25, 0.3) is 0 Å². The van der Waals surface area contributed by atoms with Crippen molar-refractivity contribution in [2.75, 3.05) is 0 Å². The first-order valence-electron chi connectivity index (χ1n) is 1.99. The molecule has 0 saturated carbocycles. The Balaban J connectivity index is 0.000000490. The average molecular weight is 137 g/mol. The third-order valence-electron chi connectivity index (χ3n) is 0.649. The highest BCUT2D eigenvalue weighted by atomic mass is 32.1. The maximum atomic E-state index is 3.97. The minimum atomic E-state index is 0. The molecule has 0 atom stereocenters. The van der Waals surface area contributed by atoms with Crippen molar-refractivity contribution in [3.8, 4) is 0 Å². The minimum absolute atomic E-state index is 0. The number of rotatable bonds is 0. The predicted octanol–water partition coefficient (Wildman–Crippen LogP) is 0.454. The van der Waals surface area contributed by atoms with E-state index < -0.39 is 0 Å². The van der Waals surface area contributed by atoms with Crippen molar-refractivity contribution in [1.29, 1.82) is 0 Å². The maximum Gasteiger partial charge on any atom is 0.316 e. The monoisotopic (exact) mass is 137 g/mol. The molecule has 1 aromatic rings. The third kappa shape index (κ3) is 2.54. The molecule has 0 fully saturated rings. The van der Waals surface area contributed by atoms with E-state index in [2.05, 4.69) is 17.6 Å². The van der Waals surface area contributed by atoms with Crippen LogP contribution in [0, 0.1) is 0 Å². The van der Waals surface area contributed by atoms with Gasteiger partial charge in [0.2, 0.25) is 0 Å². The molecule has 0 N–H and O–H groups in total. The zero-order valence-electron chi connectivity index (χ0n) is 3.70. The number of nitrogens with zero attached hydrogens (tertiary/aromatic N) is 1. The number of hydrogen-bond donors (Lipinski definition) is 1. The van der Waals surface area contributed by atoms with Gasteiger partial charge in [-0.1, -0.05) is 6.07 Å². The fourth-order valence-corrected chi connectivity index (χ4v) is 0.506. The first kappa shape index (κ1) is 8.27. The van der Waals surface area contributed by atoms with Gasteiger partial charge >= 0.3 is 23.1 Å². The summed E-state index contributed by atoms with van der Waals surface area (Å²) < 4.78 is 0. The lowest BCUT2D eigenvalue weighted by Crippen LogP contribution is -1.67. The van der Waals surface area contributed by atoms with E-state index in [1.54, 1.807) is 6.20 Å². The smallest absolute Gasteiger partial charge is 0.250 e. The fraction of sp³-hybridized carbons (Fsp3) is 0. The second-order valence-corrected chi connectivity index (χ2v) is 1.65. The van der Waals surface area contributed by atoms with Gasteiger partial charge in [-0.2, -0.15) is 0 Å². The van der Waals surface area contributed by atoms with Crippen molar-refractivity contribution < 1.29 is 0 Å². The average Bonchev–Trinajstić information content (AvgIpc) is 1.69. The van der Waals surface area contributed by atoms with Crippen LogP contribution >= 0.6 is 12.6 Å². The quantitative estimate of drug-likeness (QED) is 0.405. The van der Waals surface area contributed by atoms with Crippen LogP contribution in [0.15, 0.2) is 29.4 Å². The Labute approximate surface area is 70.1 Å². The molecule has 0 aliphatic carbocycles. The predicted molar refractivity (Wildman–Crippen MR) is 40.0 cm³/mol. The Morgan fingerprint density at radius 2 is 2.12 bits per heavy atom. The van der Waals surface area contributed by atoms with Crippen molar-refractivity contribution in [3.05, 3.63) is 24.4 Å². The Morgan fingerprint density at radius 1 is 1.38 bits per heavy atom. The molecule has 0 aromatic carbocycles. The van der Waals surface area contributed by atoms with Crippen molar-refractivity contribution in [2.45, 2.75) is 5.03 Å². The lowest BCUT2D eigenvalue weighted by molar-refractivity contribution is 1.14. The highest BCUT2D eigenvalue weighted by Gasteiger charge is 1.74. The summed E-state index contributed by atoms with van der Waals surface area (Å²) in [5.74, 6) is 0. The van der Waals surface area contributed by atoms with Gasteiger partial charge in [-0.05, 0) is 12.1 Å². The van der Waals surface area contributed by atoms with E-state index in [-0.39, 0.29) is 23.1 Å². The van der Waals surface area contributed by atoms with E-state index >= 15 is 0 Å². The molecule has 1 aromatic heterocycles. The molecule has 0 amide bonds. The molecular weight excluding hydrogens is 130 g/mol. The van der Waals surface area contributed by atoms with E-state index in [1.807, 2.05) is 18.2 Å². The van der Waals surface area contributed by atoms with Gasteiger partial charge in [0.15, 0.2) is 0 Å². The largest absolute Gasteiger partial charge is 0.316 e. The Bertz CT molecular complexity index is 142. The fourth-order valence-electron chi connectivity index (χ4n) is 0.354. The van der Waals surface area contributed by atoms with Crippen molar-refractivity contribution >= 4 is 35.7 Å². The van der Waals surface area contributed by atoms with Gasteiger partial charge in [0, 0.05) is 6.20 Å². The van der Waals surface area contributed by atoms with Crippen LogP contribution in [0.25, 0.3) is 0 Å². The third-order valence-corrected chi connectivity index (χ3v) is 0.914. The SMILES string of the molecule is Sc1ccccn1.[MgH2]. The normalized spacial score (nSPS) is 7.62. The summed E-state index contributed by atoms with van der Waals surface area (Å²) in [6.07, 6.45) is 1.71. The second kappa shape index (κ2) is 4.18. The molecule has 3 heteroatoms. The summed E-state index contributed by atoms with van der Waals surface area (Å²) in [6.45, 7) is 0. The van der Waals surface area contributed by atoms with Crippen molar-refractivity contribution in [2.24, 2.45) is 0 Å². The molecule has 40 valence electrons. The summed E-state index contributed by atoms with van der Waals surface area (Å²) in [6, 6.07) is 5.60. The lowest BCUT2D eigenvalue weighted by Gasteiger charge is -1.81. The van der Waals surface area contributed by atoms with Crippen LogP contribution in [0.3, 0.4) is 0 Å². The second-order valence-electron chi connectivity index (χ2n) is 1.19. The highest BCUT2D eigenvalue weighted by molar-refractivity contribution is 7.80. The lowest BCUT2D eigenvalue weighted by atomic mass is 10.5. The zero-order chi connectivity index (χ0) is 5.11. The zero-order valence-corrected chi connectivity index (χ0v) is 4.60. The summed E-state index contributed by atoms with van der Waals surface area (Å²) in [5.41, 5.74) is 0. The number of pyridine rings is 1. The standard InChI is InChI=1S/C5H5NS.Mg.2H/c7-5-3-1-2-4-6-5;;;/h1-4H,(H,6,7);;;. The maximum absolute atomic E-state index is 3.97. The van der Waals surface area contributed by atoms with Gasteiger partial charge in [-0.15, -0.1) is 12.6 Å². The number of aromatic nitrogens is 1. The molecule has 8 heavy (non-hydrogen) atoms. The van der Waals surface area contributed by atoms with Gasteiger partial charge in [-0.3, -0.25) is 4.98 Å². The van der Waals surface area contributed by atoms with Crippen LogP contribution < -0.4 is 0 Å². The molecule has 1 heterocycles. The van der Waals surface area contributed by atoms with Gasteiger partial charge in [0.1, 0.15) is 0 Å². The van der Waals surface area contributed by atoms with Crippen LogP contribution in [0.1, 0.15) is 0 Å². The first-order chi connectivity index (χ1) is 3.39. The highest BCUT2D eigenvalue weighted by Crippen LogP contribution is 1.95. The molecule has 0 saturated heterocycles. The number of hydrogen-bond acceptors (Lipinski definition) is 2. The van der Waals surface area contributed by atoms with E-state index in [1.165, 1.54) is 0 Å². The first-order valence-corrected chi connectivity index (χ1v) is 2.44. The molecule has 0 unspecified atom stereocenters. The minimum Gasteiger partial charge on any atom is -0.250 e. The van der Waals surface area contributed by atoms with E-state index in [9.17, 15) is 0 Å². The molecule has 0 radical (unpaired) electrons. The molecular formula is C5H7MgNS. The van der Waals surface area contributed by atoms with Crippen LogP contribution in [-0.4, -0.2) is 28.0 Å². The van der Waals surface area contributed by atoms with Gasteiger partial charge in [-0.25, -0.2) is 0 Å². The molecule has 0 aliphatic rings. The van der Waals surface area contributed by atoms with Gasteiger partial charge in [0.05, 0.1) is 5.03 Å². The van der Waals surface area contributed by atoms with Crippen LogP contribution in [0.2, 0.25) is 0 Å². The Hall–Kier alpha value is 0.266. The molecule has 0 aliphatic heterocycles. The molecule has 0 spiro atoms. The van der Waals surface area contributed by atoms with E-state index in [0.717, 1.165) is 5.03 Å². The topological polar surface area (TPSA) is 12.9 Å².